The van der Waals surface area contributed by atoms with Crippen molar-refractivity contribution in [1.29, 1.82) is 0 Å². The van der Waals surface area contributed by atoms with Crippen molar-refractivity contribution in [3.05, 3.63) is 93.8 Å². The first-order valence-electron chi connectivity index (χ1n) is 14.5. The third-order valence-corrected chi connectivity index (χ3v) is 8.28. The zero-order valence-corrected chi connectivity index (χ0v) is 24.7. The Bertz CT molecular complexity index is 1670. The monoisotopic (exact) mass is 574 g/mol. The molecule has 1 heterocycles. The fraction of sp³-hybridized carbons (Fsp3) is 0.353. The summed E-state index contributed by atoms with van der Waals surface area (Å²) in [5, 5.41) is 6.43. The van der Waals surface area contributed by atoms with Crippen LogP contribution < -0.4 is 10.6 Å². The molecular formula is C34H37F3N4O. The predicted octanol–water partition coefficient (Wildman–Crippen LogP) is 9.54. The molecule has 1 aliphatic rings. The molecule has 0 atom stereocenters. The Morgan fingerprint density at radius 1 is 0.976 bits per heavy atom. The normalized spacial score (nSPS) is 13.7. The number of allylic oxidation sites excluding steroid dienone is 1. The largest absolute Gasteiger partial charge is 0.417 e. The standard InChI is InChI=1S/C34H37F3N4O/c1-6-17-33(4,5)32-40-28-19-23(38-31(42)24-14-7-8-15-26(24)34(35,36)37)18-25(30(28)41-32)29(22-12-10-13-22)39-27-16-9-11-20(2)21(27)3/h7-9,11,14-16,18-19,39H,6,10,12-13,17H2,1-5H3,(H,38,42)(H,40,41). The van der Waals surface area contributed by atoms with E-state index in [0.29, 0.717) is 11.2 Å². The summed E-state index contributed by atoms with van der Waals surface area (Å²) in [5.74, 6) is 0.0100. The summed E-state index contributed by atoms with van der Waals surface area (Å²) in [6.07, 6.45) is 0.209. The summed E-state index contributed by atoms with van der Waals surface area (Å²) >= 11 is 0. The van der Waals surface area contributed by atoms with Gasteiger partial charge >= 0.3 is 6.18 Å². The molecule has 0 saturated heterocycles. The maximum absolute atomic E-state index is 13.7. The average molecular weight is 575 g/mol. The van der Waals surface area contributed by atoms with Crippen molar-refractivity contribution in [3.63, 3.8) is 0 Å². The molecule has 0 aliphatic heterocycles. The van der Waals surface area contributed by atoms with Gasteiger partial charge in [-0.25, -0.2) is 4.98 Å². The van der Waals surface area contributed by atoms with Gasteiger partial charge in [-0.15, -0.1) is 0 Å². The molecule has 220 valence electrons. The van der Waals surface area contributed by atoms with Gasteiger partial charge in [-0.1, -0.05) is 51.5 Å². The molecule has 3 N–H and O–H groups in total. The van der Waals surface area contributed by atoms with Crippen molar-refractivity contribution in [2.75, 3.05) is 10.6 Å². The van der Waals surface area contributed by atoms with Crippen LogP contribution >= 0.6 is 0 Å². The SMILES string of the molecule is CCCC(C)(C)c1nc2c(C(Nc3cccc(C)c3C)=C3CCC3)cc(NC(=O)c3ccccc3C(F)(F)F)cc2[nH]1. The summed E-state index contributed by atoms with van der Waals surface area (Å²) in [6.45, 7) is 10.6. The van der Waals surface area contributed by atoms with E-state index in [-0.39, 0.29) is 5.41 Å². The van der Waals surface area contributed by atoms with Crippen molar-refractivity contribution in [2.24, 2.45) is 0 Å². The predicted molar refractivity (Wildman–Crippen MR) is 164 cm³/mol. The number of fused-ring (bicyclic) bond motifs is 1. The van der Waals surface area contributed by atoms with Crippen LogP contribution in [0, 0.1) is 13.8 Å². The van der Waals surface area contributed by atoms with Gasteiger partial charge in [-0.05, 0) is 86.6 Å². The highest BCUT2D eigenvalue weighted by Crippen LogP contribution is 2.40. The highest BCUT2D eigenvalue weighted by molar-refractivity contribution is 6.07. The molecule has 0 spiro atoms. The molecule has 3 aromatic carbocycles. The number of aromatic amines is 1. The van der Waals surface area contributed by atoms with E-state index in [0.717, 1.165) is 77.6 Å². The number of amides is 1. The zero-order chi connectivity index (χ0) is 30.2. The minimum absolute atomic E-state index is 0.218. The minimum Gasteiger partial charge on any atom is -0.355 e. The fourth-order valence-electron chi connectivity index (χ4n) is 5.54. The molecule has 0 bridgehead atoms. The number of halogens is 3. The quantitative estimate of drug-likeness (QED) is 0.196. The molecule has 0 unspecified atom stereocenters. The van der Waals surface area contributed by atoms with E-state index in [4.69, 9.17) is 4.98 Å². The number of rotatable bonds is 8. The lowest BCUT2D eigenvalue weighted by Gasteiger charge is -2.25. The van der Waals surface area contributed by atoms with E-state index < -0.39 is 23.2 Å². The van der Waals surface area contributed by atoms with Crippen LogP contribution in [0.25, 0.3) is 16.7 Å². The number of nitrogens with one attached hydrogen (secondary N) is 3. The minimum atomic E-state index is -4.65. The summed E-state index contributed by atoms with van der Waals surface area (Å²) in [5.41, 5.74) is 6.51. The second-order valence-corrected chi connectivity index (χ2v) is 11.8. The zero-order valence-electron chi connectivity index (χ0n) is 24.7. The lowest BCUT2D eigenvalue weighted by atomic mass is 9.87. The van der Waals surface area contributed by atoms with Gasteiger partial charge in [-0.2, -0.15) is 13.2 Å². The average Bonchev–Trinajstić information content (AvgIpc) is 3.34. The summed E-state index contributed by atoms with van der Waals surface area (Å²) < 4.78 is 41.1. The molecule has 1 aliphatic carbocycles. The van der Waals surface area contributed by atoms with Gasteiger partial charge in [0.05, 0.1) is 22.2 Å². The van der Waals surface area contributed by atoms with Gasteiger partial charge in [-0.3, -0.25) is 4.79 Å². The molecule has 5 nitrogen and oxygen atoms in total. The van der Waals surface area contributed by atoms with E-state index in [1.807, 2.05) is 18.2 Å². The molecule has 1 fully saturated rings. The van der Waals surface area contributed by atoms with Crippen LogP contribution in [-0.2, 0) is 11.6 Å². The third-order valence-electron chi connectivity index (χ3n) is 8.28. The smallest absolute Gasteiger partial charge is 0.355 e. The van der Waals surface area contributed by atoms with E-state index in [1.54, 1.807) is 6.07 Å². The number of benzene rings is 3. The lowest BCUT2D eigenvalue weighted by Crippen LogP contribution is -2.19. The maximum atomic E-state index is 13.7. The second-order valence-electron chi connectivity index (χ2n) is 11.8. The number of carbonyl (C=O) groups is 1. The second kappa shape index (κ2) is 11.3. The molecule has 8 heteroatoms. The van der Waals surface area contributed by atoms with Crippen LogP contribution in [-0.4, -0.2) is 15.9 Å². The van der Waals surface area contributed by atoms with Crippen molar-refractivity contribution < 1.29 is 18.0 Å². The van der Waals surface area contributed by atoms with Crippen molar-refractivity contribution in [2.45, 2.75) is 78.3 Å². The number of imidazole rings is 1. The molecule has 0 radical (unpaired) electrons. The summed E-state index contributed by atoms with van der Waals surface area (Å²) in [4.78, 5) is 21.8. The number of nitrogens with zero attached hydrogens (tertiary/aromatic N) is 1. The van der Waals surface area contributed by atoms with E-state index >= 15 is 0 Å². The van der Waals surface area contributed by atoms with Crippen molar-refractivity contribution >= 4 is 34.0 Å². The van der Waals surface area contributed by atoms with Gasteiger partial charge in [0, 0.05) is 28.1 Å². The third kappa shape index (κ3) is 5.80. The van der Waals surface area contributed by atoms with E-state index in [1.165, 1.54) is 23.8 Å². The number of hydrogen-bond acceptors (Lipinski definition) is 3. The summed E-state index contributed by atoms with van der Waals surface area (Å²) in [7, 11) is 0. The Morgan fingerprint density at radius 3 is 2.38 bits per heavy atom. The summed E-state index contributed by atoms with van der Waals surface area (Å²) in [6, 6.07) is 14.5. The Labute approximate surface area is 244 Å². The van der Waals surface area contributed by atoms with Crippen LogP contribution in [0.5, 0.6) is 0 Å². The molecule has 1 amide bonds. The van der Waals surface area contributed by atoms with Crippen LogP contribution in [0.4, 0.5) is 24.5 Å². The first-order valence-corrected chi connectivity index (χ1v) is 14.5. The Morgan fingerprint density at radius 2 is 1.71 bits per heavy atom. The highest BCUT2D eigenvalue weighted by Gasteiger charge is 2.35. The van der Waals surface area contributed by atoms with Crippen LogP contribution in [0.2, 0.25) is 0 Å². The first kappa shape index (κ1) is 29.4. The molecule has 42 heavy (non-hydrogen) atoms. The van der Waals surface area contributed by atoms with E-state index in [9.17, 15) is 18.0 Å². The number of alkyl halides is 3. The fourth-order valence-corrected chi connectivity index (χ4v) is 5.54. The molecule has 1 aromatic heterocycles. The molecular weight excluding hydrogens is 537 g/mol. The maximum Gasteiger partial charge on any atom is 0.417 e. The Kier molecular flexibility index (Phi) is 7.92. The van der Waals surface area contributed by atoms with Crippen LogP contribution in [0.1, 0.15) is 91.3 Å². The molecule has 1 saturated carbocycles. The van der Waals surface area contributed by atoms with Gasteiger partial charge < -0.3 is 15.6 Å². The van der Waals surface area contributed by atoms with Crippen LogP contribution in [0.15, 0.2) is 60.2 Å². The molecule has 4 aromatic rings. The van der Waals surface area contributed by atoms with Gasteiger partial charge in [0.15, 0.2) is 0 Å². The topological polar surface area (TPSA) is 69.8 Å². The lowest BCUT2D eigenvalue weighted by molar-refractivity contribution is -0.137. The van der Waals surface area contributed by atoms with E-state index in [2.05, 4.69) is 56.3 Å². The number of H-pyrrole nitrogens is 1. The first-order chi connectivity index (χ1) is 19.9. The number of hydrogen-bond donors (Lipinski definition) is 3. The Balaban J connectivity index is 1.65. The Hall–Kier alpha value is -4.07. The van der Waals surface area contributed by atoms with Crippen LogP contribution in [0.3, 0.4) is 0 Å². The molecule has 5 rings (SSSR count). The van der Waals surface area contributed by atoms with Gasteiger partial charge in [0.1, 0.15) is 5.82 Å². The number of aryl methyl sites for hydroxylation is 1. The van der Waals surface area contributed by atoms with Gasteiger partial charge in [0.25, 0.3) is 5.91 Å². The highest BCUT2D eigenvalue weighted by atomic mass is 19.4. The van der Waals surface area contributed by atoms with Crippen molar-refractivity contribution in [1.82, 2.24) is 9.97 Å². The number of aromatic nitrogens is 2. The van der Waals surface area contributed by atoms with Crippen molar-refractivity contribution in [3.8, 4) is 0 Å². The number of carbonyl (C=O) groups excluding carboxylic acids is 1. The van der Waals surface area contributed by atoms with Gasteiger partial charge in [0.2, 0.25) is 0 Å². The number of anilines is 2.